The molecular weight excluding hydrogens is 302 g/mol. The maximum atomic E-state index is 10.6. The zero-order chi connectivity index (χ0) is 15.4. The summed E-state index contributed by atoms with van der Waals surface area (Å²) in [4.78, 5) is 12.6. The molecule has 1 aromatic heterocycles. The number of hydrogen-bond acceptors (Lipinski definition) is 6. The van der Waals surface area contributed by atoms with Crippen molar-refractivity contribution in [1.82, 2.24) is 9.27 Å². The molecule has 1 aromatic carbocycles. The first kappa shape index (κ1) is 14.9. The number of nitro benzene ring substituents is 1. The highest BCUT2D eigenvalue weighted by molar-refractivity contribution is 7.03. The third-order valence-electron chi connectivity index (χ3n) is 3.76. The largest absolute Gasteiger partial charge is 0.490 e. The summed E-state index contributed by atoms with van der Waals surface area (Å²) in [5.74, 6) is 0.698. The first-order valence-electron chi connectivity index (χ1n) is 7.23. The minimum atomic E-state index is -0.402. The van der Waals surface area contributed by atoms with E-state index in [9.17, 15) is 10.1 Å². The lowest BCUT2D eigenvalue weighted by Gasteiger charge is -2.31. The van der Waals surface area contributed by atoms with Gasteiger partial charge in [-0.25, -0.2) is 0 Å². The maximum absolute atomic E-state index is 10.6. The highest BCUT2D eigenvalue weighted by Crippen LogP contribution is 2.22. The van der Waals surface area contributed by atoms with Gasteiger partial charge in [0.1, 0.15) is 11.9 Å². The number of aromatic nitrogens is 1. The van der Waals surface area contributed by atoms with Crippen molar-refractivity contribution in [3.63, 3.8) is 0 Å². The van der Waals surface area contributed by atoms with Gasteiger partial charge in [-0.05, 0) is 42.6 Å². The lowest BCUT2D eigenvalue weighted by Crippen LogP contribution is -2.37. The first-order valence-corrected chi connectivity index (χ1v) is 8.07. The van der Waals surface area contributed by atoms with Gasteiger partial charge in [0.05, 0.1) is 10.6 Å². The average molecular weight is 319 g/mol. The summed E-state index contributed by atoms with van der Waals surface area (Å²) in [6.45, 7) is 2.86. The molecular formula is C15H17N3O3S. The van der Waals surface area contributed by atoms with Gasteiger partial charge in [-0.3, -0.25) is 15.0 Å². The van der Waals surface area contributed by atoms with E-state index in [0.717, 1.165) is 38.2 Å². The molecule has 0 saturated carbocycles. The zero-order valence-corrected chi connectivity index (χ0v) is 12.9. The van der Waals surface area contributed by atoms with E-state index in [2.05, 4.69) is 15.3 Å². The van der Waals surface area contributed by atoms with Gasteiger partial charge in [0.25, 0.3) is 5.69 Å². The summed E-state index contributed by atoms with van der Waals surface area (Å²) in [5, 5.41) is 12.6. The van der Waals surface area contributed by atoms with E-state index in [0.29, 0.717) is 5.75 Å². The molecule has 1 saturated heterocycles. The van der Waals surface area contributed by atoms with Crippen LogP contribution in [0.15, 0.2) is 35.7 Å². The van der Waals surface area contributed by atoms with Crippen LogP contribution in [0.2, 0.25) is 0 Å². The Bertz CT molecular complexity index is 607. The van der Waals surface area contributed by atoms with E-state index in [1.807, 2.05) is 5.38 Å². The Kier molecular flexibility index (Phi) is 4.65. The Labute approximate surface area is 132 Å². The van der Waals surface area contributed by atoms with E-state index in [1.165, 1.54) is 23.7 Å². The van der Waals surface area contributed by atoms with Crippen molar-refractivity contribution in [2.24, 2.45) is 0 Å². The molecule has 0 radical (unpaired) electrons. The molecule has 0 aliphatic carbocycles. The summed E-state index contributed by atoms with van der Waals surface area (Å²) < 4.78 is 10.2. The second kappa shape index (κ2) is 6.85. The Morgan fingerprint density at radius 1 is 1.27 bits per heavy atom. The molecule has 3 rings (SSSR count). The molecule has 0 atom stereocenters. The zero-order valence-electron chi connectivity index (χ0n) is 12.1. The molecule has 0 N–H and O–H groups in total. The number of likely N-dealkylation sites (tertiary alicyclic amines) is 1. The second-order valence-electron chi connectivity index (χ2n) is 5.34. The van der Waals surface area contributed by atoms with E-state index in [4.69, 9.17) is 4.74 Å². The van der Waals surface area contributed by atoms with Gasteiger partial charge in [0.15, 0.2) is 0 Å². The standard InChI is InChI=1S/C15H17N3O3S/c19-18(20)13-1-3-14(4-2-13)21-15-5-8-17(9-6-15)11-12-7-10-22-16-12/h1-4,7,10,15H,5-6,8-9,11H2. The van der Waals surface area contributed by atoms with Crippen molar-refractivity contribution in [2.45, 2.75) is 25.5 Å². The molecule has 1 aliphatic rings. The number of hydrogen-bond donors (Lipinski definition) is 0. The maximum Gasteiger partial charge on any atom is 0.269 e. The third-order valence-corrected chi connectivity index (χ3v) is 4.36. The molecule has 116 valence electrons. The number of nitrogens with zero attached hydrogens (tertiary/aromatic N) is 3. The Balaban J connectivity index is 1.48. The molecule has 0 bridgehead atoms. The fraction of sp³-hybridized carbons (Fsp3) is 0.400. The minimum absolute atomic E-state index is 0.0884. The quantitative estimate of drug-likeness (QED) is 0.626. The first-order chi connectivity index (χ1) is 10.7. The van der Waals surface area contributed by atoms with Gasteiger partial charge in [-0.15, -0.1) is 0 Å². The highest BCUT2D eigenvalue weighted by Gasteiger charge is 2.21. The monoisotopic (exact) mass is 319 g/mol. The van der Waals surface area contributed by atoms with E-state index < -0.39 is 4.92 Å². The number of piperidine rings is 1. The number of ether oxygens (including phenoxy) is 1. The van der Waals surface area contributed by atoms with Gasteiger partial charge in [-0.1, -0.05) is 0 Å². The van der Waals surface area contributed by atoms with Gasteiger partial charge in [0, 0.05) is 37.1 Å². The van der Waals surface area contributed by atoms with Crippen LogP contribution in [0.3, 0.4) is 0 Å². The molecule has 1 aliphatic heterocycles. The average Bonchev–Trinajstić information content (AvgIpc) is 3.03. The van der Waals surface area contributed by atoms with Crippen molar-refractivity contribution in [3.8, 4) is 5.75 Å². The molecule has 22 heavy (non-hydrogen) atoms. The van der Waals surface area contributed by atoms with Crippen molar-refractivity contribution in [1.29, 1.82) is 0 Å². The second-order valence-corrected chi connectivity index (χ2v) is 6.00. The van der Waals surface area contributed by atoms with Crippen molar-refractivity contribution in [3.05, 3.63) is 51.5 Å². The van der Waals surface area contributed by atoms with Crippen LogP contribution in [0.25, 0.3) is 0 Å². The van der Waals surface area contributed by atoms with Crippen LogP contribution >= 0.6 is 11.5 Å². The number of non-ortho nitro benzene ring substituents is 1. The molecule has 2 aromatic rings. The summed E-state index contributed by atoms with van der Waals surface area (Å²) >= 11 is 1.48. The molecule has 7 heteroatoms. The van der Waals surface area contributed by atoms with Gasteiger partial charge in [0.2, 0.25) is 0 Å². The summed E-state index contributed by atoms with van der Waals surface area (Å²) in [6, 6.07) is 8.35. The van der Waals surface area contributed by atoms with E-state index in [-0.39, 0.29) is 11.8 Å². The van der Waals surface area contributed by atoms with E-state index in [1.54, 1.807) is 12.1 Å². The lowest BCUT2D eigenvalue weighted by molar-refractivity contribution is -0.384. The lowest BCUT2D eigenvalue weighted by atomic mass is 10.1. The molecule has 6 nitrogen and oxygen atoms in total. The Hall–Kier alpha value is -1.99. The molecule has 0 spiro atoms. The minimum Gasteiger partial charge on any atom is -0.490 e. The van der Waals surface area contributed by atoms with Crippen LogP contribution in [-0.2, 0) is 6.54 Å². The van der Waals surface area contributed by atoms with Crippen LogP contribution in [0.4, 0.5) is 5.69 Å². The molecule has 0 unspecified atom stereocenters. The van der Waals surface area contributed by atoms with Crippen LogP contribution in [0.1, 0.15) is 18.5 Å². The third kappa shape index (κ3) is 3.80. The van der Waals surface area contributed by atoms with Gasteiger partial charge < -0.3 is 4.74 Å². The fourth-order valence-corrected chi connectivity index (χ4v) is 3.11. The fourth-order valence-electron chi connectivity index (χ4n) is 2.57. The smallest absolute Gasteiger partial charge is 0.269 e. The van der Waals surface area contributed by atoms with Gasteiger partial charge >= 0.3 is 0 Å². The van der Waals surface area contributed by atoms with Crippen LogP contribution in [0, 0.1) is 10.1 Å². The van der Waals surface area contributed by atoms with E-state index >= 15 is 0 Å². The normalized spacial score (nSPS) is 16.5. The predicted octanol–water partition coefficient (Wildman–Crippen LogP) is 3.09. The number of benzene rings is 1. The highest BCUT2D eigenvalue weighted by atomic mass is 32.1. The van der Waals surface area contributed by atoms with Crippen LogP contribution in [0.5, 0.6) is 5.75 Å². The predicted molar refractivity (Wildman–Crippen MR) is 84.1 cm³/mol. The van der Waals surface area contributed by atoms with Crippen LogP contribution in [-0.4, -0.2) is 33.4 Å². The number of nitro groups is 1. The van der Waals surface area contributed by atoms with Gasteiger partial charge in [-0.2, -0.15) is 4.37 Å². The summed E-state index contributed by atoms with van der Waals surface area (Å²) in [7, 11) is 0. The molecule has 0 amide bonds. The van der Waals surface area contributed by atoms with Crippen molar-refractivity contribution < 1.29 is 9.66 Å². The summed E-state index contributed by atoms with van der Waals surface area (Å²) in [6.07, 6.45) is 2.09. The van der Waals surface area contributed by atoms with Crippen LogP contribution < -0.4 is 4.74 Å². The topological polar surface area (TPSA) is 68.5 Å². The Morgan fingerprint density at radius 2 is 2.00 bits per heavy atom. The van der Waals surface area contributed by atoms with Crippen molar-refractivity contribution in [2.75, 3.05) is 13.1 Å². The molecule has 1 fully saturated rings. The Morgan fingerprint density at radius 3 is 2.59 bits per heavy atom. The van der Waals surface area contributed by atoms with Crippen molar-refractivity contribution >= 4 is 17.2 Å². The summed E-state index contributed by atoms with van der Waals surface area (Å²) in [5.41, 5.74) is 1.21. The number of rotatable bonds is 5. The SMILES string of the molecule is O=[N+]([O-])c1ccc(OC2CCN(Cc3ccsn3)CC2)cc1. The molecule has 2 heterocycles.